The molecule has 2 heterocycles. The van der Waals surface area contributed by atoms with Crippen LogP contribution in [0.3, 0.4) is 0 Å². The number of methoxy groups -OCH3 is 3. The Labute approximate surface area is 116 Å². The number of hydrogen-bond acceptors (Lipinski definition) is 7. The minimum atomic E-state index is -0.935. The van der Waals surface area contributed by atoms with Crippen molar-refractivity contribution < 1.29 is 24.1 Å². The first-order valence-electron chi connectivity index (χ1n) is 6.08. The van der Waals surface area contributed by atoms with Crippen LogP contribution in [-0.2, 0) is 9.53 Å². The van der Waals surface area contributed by atoms with E-state index >= 15 is 0 Å². The van der Waals surface area contributed by atoms with Gasteiger partial charge in [-0.2, -0.15) is 9.97 Å². The Hall–Kier alpha value is -2.09. The number of hydrogen-bond donors (Lipinski definition) is 1. The van der Waals surface area contributed by atoms with Gasteiger partial charge in [-0.1, -0.05) is 0 Å². The number of carboxylic acids is 1. The quantitative estimate of drug-likeness (QED) is 0.817. The van der Waals surface area contributed by atoms with E-state index in [1.807, 2.05) is 0 Å². The number of aromatic nitrogens is 2. The first-order valence-corrected chi connectivity index (χ1v) is 6.08. The van der Waals surface area contributed by atoms with Gasteiger partial charge >= 0.3 is 5.97 Å². The summed E-state index contributed by atoms with van der Waals surface area (Å²) in [5.74, 6) is -0.0446. The molecule has 0 bridgehead atoms. The lowest BCUT2D eigenvalue weighted by molar-refractivity contribution is -0.138. The van der Waals surface area contributed by atoms with E-state index in [0.29, 0.717) is 24.7 Å². The number of carboxylic acid groups (broad SMARTS) is 1. The molecule has 8 heteroatoms. The second kappa shape index (κ2) is 5.91. The third kappa shape index (κ3) is 2.74. The van der Waals surface area contributed by atoms with Crippen molar-refractivity contribution in [2.45, 2.75) is 18.6 Å². The van der Waals surface area contributed by atoms with E-state index in [0.717, 1.165) is 0 Å². The van der Waals surface area contributed by atoms with E-state index in [4.69, 9.17) is 14.2 Å². The summed E-state index contributed by atoms with van der Waals surface area (Å²) in [6, 6.07) is 0.806. The van der Waals surface area contributed by atoms with Crippen molar-refractivity contribution in [3.8, 4) is 11.8 Å². The minimum Gasteiger partial charge on any atom is -0.481 e. The highest BCUT2D eigenvalue weighted by molar-refractivity contribution is 5.78. The molecule has 2 unspecified atom stereocenters. The molecule has 0 amide bonds. The Bertz CT molecular complexity index is 474. The van der Waals surface area contributed by atoms with E-state index in [1.54, 1.807) is 12.0 Å². The zero-order chi connectivity index (χ0) is 14.7. The molecule has 1 saturated heterocycles. The number of rotatable bonds is 5. The molecule has 1 aromatic heterocycles. The van der Waals surface area contributed by atoms with Crippen LogP contribution in [0.5, 0.6) is 11.8 Å². The third-order valence-corrected chi connectivity index (χ3v) is 3.22. The molecule has 0 aromatic carbocycles. The number of aliphatic carboxylic acids is 1. The van der Waals surface area contributed by atoms with Crippen LogP contribution in [0.1, 0.15) is 6.42 Å². The molecule has 1 N–H and O–H groups in total. The predicted molar refractivity (Wildman–Crippen MR) is 69.3 cm³/mol. The van der Waals surface area contributed by atoms with Crippen molar-refractivity contribution in [2.75, 3.05) is 32.8 Å². The summed E-state index contributed by atoms with van der Waals surface area (Å²) in [4.78, 5) is 21.3. The SMILES string of the molecule is COc1cc(OC)nc(N2CC(OC)CC2C(=O)O)n1. The Morgan fingerprint density at radius 1 is 1.30 bits per heavy atom. The van der Waals surface area contributed by atoms with Gasteiger partial charge in [0.05, 0.1) is 26.4 Å². The Morgan fingerprint density at radius 2 is 1.90 bits per heavy atom. The summed E-state index contributed by atoms with van der Waals surface area (Å²) in [5, 5.41) is 9.30. The molecular weight excluding hydrogens is 266 g/mol. The lowest BCUT2D eigenvalue weighted by atomic mass is 10.2. The number of anilines is 1. The fourth-order valence-electron chi connectivity index (χ4n) is 2.15. The fraction of sp³-hybridized carbons (Fsp3) is 0.583. The lowest BCUT2D eigenvalue weighted by Gasteiger charge is -2.21. The maximum atomic E-state index is 11.3. The van der Waals surface area contributed by atoms with Gasteiger partial charge in [0.25, 0.3) is 0 Å². The Morgan fingerprint density at radius 3 is 2.35 bits per heavy atom. The second-order valence-corrected chi connectivity index (χ2v) is 4.35. The number of carbonyl (C=O) groups is 1. The van der Waals surface area contributed by atoms with Crippen LogP contribution >= 0.6 is 0 Å². The predicted octanol–water partition coefficient (Wildman–Crippen LogP) is 0.172. The van der Waals surface area contributed by atoms with E-state index in [9.17, 15) is 9.90 Å². The van der Waals surface area contributed by atoms with Crippen LogP contribution in [0.2, 0.25) is 0 Å². The van der Waals surface area contributed by atoms with E-state index < -0.39 is 12.0 Å². The van der Waals surface area contributed by atoms with Crippen LogP contribution in [0.4, 0.5) is 5.95 Å². The van der Waals surface area contributed by atoms with Gasteiger partial charge in [0.2, 0.25) is 17.7 Å². The normalized spacial score (nSPS) is 21.9. The molecule has 2 atom stereocenters. The molecule has 0 radical (unpaired) electrons. The van der Waals surface area contributed by atoms with Crippen molar-refractivity contribution in [3.63, 3.8) is 0 Å². The molecule has 1 aliphatic rings. The van der Waals surface area contributed by atoms with Crippen molar-refractivity contribution in [1.29, 1.82) is 0 Å². The van der Waals surface area contributed by atoms with Gasteiger partial charge < -0.3 is 24.2 Å². The number of ether oxygens (including phenoxy) is 3. The Kier molecular flexibility index (Phi) is 4.23. The first-order chi connectivity index (χ1) is 9.58. The van der Waals surface area contributed by atoms with Crippen molar-refractivity contribution >= 4 is 11.9 Å². The van der Waals surface area contributed by atoms with Gasteiger partial charge in [0.15, 0.2) is 0 Å². The van der Waals surface area contributed by atoms with Gasteiger partial charge in [-0.05, 0) is 0 Å². The largest absolute Gasteiger partial charge is 0.481 e. The molecule has 110 valence electrons. The number of nitrogens with zero attached hydrogens (tertiary/aromatic N) is 3. The highest BCUT2D eigenvalue weighted by Gasteiger charge is 2.38. The smallest absolute Gasteiger partial charge is 0.326 e. The monoisotopic (exact) mass is 283 g/mol. The van der Waals surface area contributed by atoms with Gasteiger partial charge in [-0.3, -0.25) is 0 Å². The summed E-state index contributed by atoms with van der Waals surface area (Å²) in [6.07, 6.45) is 0.214. The van der Waals surface area contributed by atoms with Crippen LogP contribution in [0, 0.1) is 0 Å². The average Bonchev–Trinajstić information content (AvgIpc) is 2.91. The van der Waals surface area contributed by atoms with E-state index in [-0.39, 0.29) is 12.1 Å². The second-order valence-electron chi connectivity index (χ2n) is 4.35. The van der Waals surface area contributed by atoms with Gasteiger partial charge in [-0.15, -0.1) is 0 Å². The Balaban J connectivity index is 2.35. The summed E-state index contributed by atoms with van der Waals surface area (Å²) in [7, 11) is 4.50. The highest BCUT2D eigenvalue weighted by atomic mass is 16.5. The molecular formula is C12H17N3O5. The summed E-state index contributed by atoms with van der Waals surface area (Å²) < 4.78 is 15.4. The van der Waals surface area contributed by atoms with Crippen LogP contribution in [0.25, 0.3) is 0 Å². The van der Waals surface area contributed by atoms with Crippen LogP contribution in [-0.4, -0.2) is 61.1 Å². The molecule has 2 rings (SSSR count). The molecule has 8 nitrogen and oxygen atoms in total. The zero-order valence-corrected chi connectivity index (χ0v) is 11.6. The summed E-state index contributed by atoms with van der Waals surface area (Å²) in [6.45, 7) is 0.407. The molecule has 1 fully saturated rings. The zero-order valence-electron chi connectivity index (χ0n) is 11.6. The lowest BCUT2D eigenvalue weighted by Crippen LogP contribution is -2.37. The van der Waals surface area contributed by atoms with Gasteiger partial charge in [-0.25, -0.2) is 4.79 Å². The van der Waals surface area contributed by atoms with Gasteiger partial charge in [0, 0.05) is 20.1 Å². The molecule has 0 aliphatic carbocycles. The summed E-state index contributed by atoms with van der Waals surface area (Å²) in [5.41, 5.74) is 0. The fourth-order valence-corrected chi connectivity index (χ4v) is 2.15. The maximum absolute atomic E-state index is 11.3. The highest BCUT2D eigenvalue weighted by Crippen LogP contribution is 2.27. The van der Waals surface area contributed by atoms with E-state index in [2.05, 4.69) is 9.97 Å². The maximum Gasteiger partial charge on any atom is 0.326 e. The van der Waals surface area contributed by atoms with Crippen LogP contribution in [0.15, 0.2) is 6.07 Å². The van der Waals surface area contributed by atoms with Crippen molar-refractivity contribution in [2.24, 2.45) is 0 Å². The molecule has 1 aromatic rings. The third-order valence-electron chi connectivity index (χ3n) is 3.22. The molecule has 1 aliphatic heterocycles. The standard InChI is InChI=1S/C12H17N3O5/c1-18-7-4-8(11(16)17)15(6-7)12-13-9(19-2)5-10(14-12)20-3/h5,7-8H,4,6H2,1-3H3,(H,16,17). The first kappa shape index (κ1) is 14.3. The molecule has 20 heavy (non-hydrogen) atoms. The average molecular weight is 283 g/mol. The van der Waals surface area contributed by atoms with Crippen molar-refractivity contribution in [3.05, 3.63) is 6.07 Å². The summed E-state index contributed by atoms with van der Waals surface area (Å²) >= 11 is 0. The van der Waals surface area contributed by atoms with Crippen LogP contribution < -0.4 is 14.4 Å². The topological polar surface area (TPSA) is 94.0 Å². The van der Waals surface area contributed by atoms with Crippen molar-refractivity contribution in [1.82, 2.24) is 9.97 Å². The minimum absolute atomic E-state index is 0.170. The van der Waals surface area contributed by atoms with Gasteiger partial charge in [0.1, 0.15) is 6.04 Å². The van der Waals surface area contributed by atoms with E-state index in [1.165, 1.54) is 20.3 Å². The molecule has 0 spiro atoms. The molecule has 0 saturated carbocycles.